The summed E-state index contributed by atoms with van der Waals surface area (Å²) in [7, 11) is 0. The molecule has 0 bridgehead atoms. The first kappa shape index (κ1) is 23.4. The topological polar surface area (TPSA) is 102 Å². The van der Waals surface area contributed by atoms with E-state index in [-0.39, 0.29) is 36.0 Å². The highest BCUT2D eigenvalue weighted by Gasteiger charge is 2.28. The first-order valence-electron chi connectivity index (χ1n) is 11.2. The van der Waals surface area contributed by atoms with Gasteiger partial charge in [0, 0.05) is 24.6 Å². The number of anilines is 2. The van der Waals surface area contributed by atoms with Crippen LogP contribution in [0.5, 0.6) is 0 Å². The zero-order chi connectivity index (χ0) is 24.5. The van der Waals surface area contributed by atoms with Crippen molar-refractivity contribution in [1.82, 2.24) is 9.55 Å². The average molecular weight is 467 g/mol. The Morgan fingerprint density at radius 2 is 1.88 bits per heavy atom. The number of carbonyl (C=O) groups is 2. The monoisotopic (exact) mass is 466 g/mol. The Labute approximate surface area is 196 Å². The van der Waals surface area contributed by atoms with Gasteiger partial charge in [-0.15, -0.1) is 0 Å². The number of aryl methyl sites for hydroxylation is 1. The van der Waals surface area contributed by atoms with E-state index in [2.05, 4.69) is 15.6 Å². The average Bonchev–Trinajstić information content (AvgIpc) is 3.58. The lowest BCUT2D eigenvalue weighted by molar-refractivity contribution is -0.116. The Balaban J connectivity index is 1.45. The van der Waals surface area contributed by atoms with Crippen LogP contribution in [0.25, 0.3) is 10.9 Å². The molecule has 0 radical (unpaired) electrons. The molecule has 1 aliphatic rings. The Morgan fingerprint density at radius 1 is 1.15 bits per heavy atom. The van der Waals surface area contributed by atoms with E-state index in [1.54, 1.807) is 37.5 Å². The molecule has 1 aliphatic carbocycles. The number of hydrogen-bond acceptors (Lipinski definition) is 5. The summed E-state index contributed by atoms with van der Waals surface area (Å²) in [5, 5.41) is 5.63. The minimum atomic E-state index is -0.796. The van der Waals surface area contributed by atoms with Gasteiger partial charge in [-0.25, -0.2) is 14.2 Å². The summed E-state index contributed by atoms with van der Waals surface area (Å²) in [6.45, 7) is 5.10. The Hall–Kier alpha value is -3.75. The van der Waals surface area contributed by atoms with Crippen LogP contribution in [-0.4, -0.2) is 27.2 Å². The summed E-state index contributed by atoms with van der Waals surface area (Å²) < 4.78 is 21.0. The third-order valence-electron chi connectivity index (χ3n) is 5.25. The lowest BCUT2D eigenvalue weighted by Crippen LogP contribution is -2.27. The van der Waals surface area contributed by atoms with Crippen molar-refractivity contribution in [2.24, 2.45) is 0 Å². The molecule has 0 atom stereocenters. The van der Waals surface area contributed by atoms with Crippen LogP contribution in [-0.2, 0) is 16.0 Å². The number of carbonyl (C=O) groups excluding carboxylic acids is 2. The summed E-state index contributed by atoms with van der Waals surface area (Å²) in [6.07, 6.45) is 1.41. The number of halogens is 1. The highest BCUT2D eigenvalue weighted by atomic mass is 19.1. The quantitative estimate of drug-likeness (QED) is 0.544. The molecule has 1 heterocycles. The van der Waals surface area contributed by atoms with Crippen LogP contribution in [0.2, 0.25) is 0 Å². The molecule has 2 amide bonds. The fraction of sp³-hybridized carbons (Fsp3) is 0.360. The summed E-state index contributed by atoms with van der Waals surface area (Å²) in [6, 6.07) is 11.2. The van der Waals surface area contributed by atoms with Gasteiger partial charge < -0.3 is 10.1 Å². The SMILES string of the molecule is CC(C)(C)OC(=O)Nc1cc(NC(=O)CCc2nc3ccccc3c(=O)n2C2CC2)ccc1F. The Morgan fingerprint density at radius 3 is 2.59 bits per heavy atom. The van der Waals surface area contributed by atoms with Crippen LogP contribution >= 0.6 is 0 Å². The fourth-order valence-electron chi connectivity index (χ4n) is 3.64. The number of fused-ring (bicyclic) bond motifs is 1. The first-order chi connectivity index (χ1) is 16.1. The smallest absolute Gasteiger partial charge is 0.412 e. The molecule has 1 fully saturated rings. The van der Waals surface area contributed by atoms with Gasteiger partial charge in [0.25, 0.3) is 5.56 Å². The molecule has 2 N–H and O–H groups in total. The zero-order valence-electron chi connectivity index (χ0n) is 19.4. The summed E-state index contributed by atoms with van der Waals surface area (Å²) >= 11 is 0. The molecular weight excluding hydrogens is 439 g/mol. The fourth-order valence-corrected chi connectivity index (χ4v) is 3.64. The number of hydrogen-bond donors (Lipinski definition) is 2. The van der Waals surface area contributed by atoms with Crippen molar-refractivity contribution in [2.75, 3.05) is 10.6 Å². The summed E-state index contributed by atoms with van der Waals surface area (Å²) in [5.74, 6) is -0.398. The number of benzene rings is 2. The number of rotatable bonds is 6. The number of ether oxygens (including phenoxy) is 1. The molecule has 9 heteroatoms. The number of nitrogens with zero attached hydrogens (tertiary/aromatic N) is 2. The predicted octanol–water partition coefficient (Wildman–Crippen LogP) is 4.79. The van der Waals surface area contributed by atoms with Gasteiger partial charge in [0.15, 0.2) is 0 Å². The molecule has 1 saturated carbocycles. The standard InChI is InChI=1S/C25H27FN4O4/c1-25(2,3)34-24(33)29-20-14-15(8-11-18(20)26)27-22(31)13-12-21-28-19-7-5-4-6-17(19)23(32)30(21)16-9-10-16/h4-8,11,14,16H,9-10,12-13H2,1-3H3,(H,27,31)(H,29,33). The second kappa shape index (κ2) is 9.24. The number of nitrogens with one attached hydrogen (secondary N) is 2. The van der Waals surface area contributed by atoms with Crippen LogP contribution in [0, 0.1) is 5.82 Å². The van der Waals surface area contributed by atoms with Crippen molar-refractivity contribution in [3.05, 3.63) is 64.5 Å². The van der Waals surface area contributed by atoms with Crippen LogP contribution in [0.15, 0.2) is 47.3 Å². The Bertz CT molecular complexity index is 1310. The largest absolute Gasteiger partial charge is 0.444 e. The second-order valence-electron chi connectivity index (χ2n) is 9.32. The minimum absolute atomic E-state index is 0.0834. The number of aromatic nitrogens is 2. The van der Waals surface area contributed by atoms with Gasteiger partial charge in [0.2, 0.25) is 5.91 Å². The lowest BCUT2D eigenvalue weighted by atomic mass is 10.2. The summed E-state index contributed by atoms with van der Waals surface area (Å²) in [5.41, 5.74) is 0.00947. The molecule has 0 spiro atoms. The normalized spacial score (nSPS) is 13.5. The molecule has 2 aromatic carbocycles. The van der Waals surface area contributed by atoms with E-state index >= 15 is 0 Å². The van der Waals surface area contributed by atoms with Gasteiger partial charge in [0.1, 0.15) is 17.2 Å². The molecule has 3 aromatic rings. The van der Waals surface area contributed by atoms with E-state index in [0.717, 1.165) is 18.9 Å². The van der Waals surface area contributed by atoms with Gasteiger partial charge in [-0.1, -0.05) is 12.1 Å². The van der Waals surface area contributed by atoms with Crippen molar-refractivity contribution in [2.45, 2.75) is 58.1 Å². The molecule has 0 unspecified atom stereocenters. The van der Waals surface area contributed by atoms with Crippen molar-refractivity contribution in [3.63, 3.8) is 0 Å². The second-order valence-corrected chi connectivity index (χ2v) is 9.32. The van der Waals surface area contributed by atoms with Crippen molar-refractivity contribution >= 4 is 34.3 Å². The van der Waals surface area contributed by atoms with Crippen LogP contribution in [0.3, 0.4) is 0 Å². The molecule has 1 aromatic heterocycles. The maximum Gasteiger partial charge on any atom is 0.412 e. The number of amides is 2. The number of para-hydroxylation sites is 1. The van der Waals surface area contributed by atoms with Gasteiger partial charge in [-0.05, 0) is 63.9 Å². The van der Waals surface area contributed by atoms with Gasteiger partial charge >= 0.3 is 6.09 Å². The van der Waals surface area contributed by atoms with Crippen molar-refractivity contribution in [1.29, 1.82) is 0 Å². The highest BCUT2D eigenvalue weighted by Crippen LogP contribution is 2.35. The van der Waals surface area contributed by atoms with E-state index in [0.29, 0.717) is 22.4 Å². The molecule has 4 rings (SSSR count). The predicted molar refractivity (Wildman–Crippen MR) is 127 cm³/mol. The maximum absolute atomic E-state index is 14.1. The van der Waals surface area contributed by atoms with Crippen LogP contribution in [0.1, 0.15) is 51.9 Å². The molecule has 8 nitrogen and oxygen atoms in total. The molecule has 178 valence electrons. The molecule has 0 aliphatic heterocycles. The third kappa shape index (κ3) is 5.59. The van der Waals surface area contributed by atoms with Crippen molar-refractivity contribution in [3.8, 4) is 0 Å². The summed E-state index contributed by atoms with van der Waals surface area (Å²) in [4.78, 5) is 42.2. The van der Waals surface area contributed by atoms with Crippen LogP contribution < -0.4 is 16.2 Å². The molecular formula is C25H27FN4O4. The van der Waals surface area contributed by atoms with E-state index in [1.165, 1.54) is 12.1 Å². The maximum atomic E-state index is 14.1. The van der Waals surface area contributed by atoms with E-state index in [1.807, 2.05) is 12.1 Å². The van der Waals surface area contributed by atoms with E-state index < -0.39 is 17.5 Å². The van der Waals surface area contributed by atoms with E-state index in [4.69, 9.17) is 4.74 Å². The van der Waals surface area contributed by atoms with Crippen molar-refractivity contribution < 1.29 is 18.7 Å². The molecule has 34 heavy (non-hydrogen) atoms. The minimum Gasteiger partial charge on any atom is -0.444 e. The zero-order valence-corrected chi connectivity index (χ0v) is 19.4. The third-order valence-corrected chi connectivity index (χ3v) is 5.25. The van der Waals surface area contributed by atoms with E-state index in [9.17, 15) is 18.8 Å². The van der Waals surface area contributed by atoms with Gasteiger partial charge in [-0.2, -0.15) is 0 Å². The van der Waals surface area contributed by atoms with Gasteiger partial charge in [0.05, 0.1) is 16.6 Å². The Kier molecular flexibility index (Phi) is 6.37. The molecule has 0 saturated heterocycles. The van der Waals surface area contributed by atoms with Gasteiger partial charge in [-0.3, -0.25) is 19.5 Å². The first-order valence-corrected chi connectivity index (χ1v) is 11.2. The highest BCUT2D eigenvalue weighted by molar-refractivity contribution is 5.92. The van der Waals surface area contributed by atoms with Crippen LogP contribution in [0.4, 0.5) is 20.6 Å². The lowest BCUT2D eigenvalue weighted by Gasteiger charge is -2.20.